The van der Waals surface area contributed by atoms with Crippen LogP contribution >= 0.6 is 0 Å². The van der Waals surface area contributed by atoms with Crippen LogP contribution in [0.5, 0.6) is 0 Å². The summed E-state index contributed by atoms with van der Waals surface area (Å²) >= 11 is 0. The second-order valence-corrected chi connectivity index (χ2v) is 6.15. The molecule has 1 aromatic rings. The summed E-state index contributed by atoms with van der Waals surface area (Å²) in [6.45, 7) is 2.15. The molecule has 1 atom stereocenters. The predicted molar refractivity (Wildman–Crippen MR) is 92.0 cm³/mol. The maximum Gasteiger partial charge on any atom is 0.328 e. The van der Waals surface area contributed by atoms with Gasteiger partial charge in [-0.1, -0.05) is 45.4 Å². The second-order valence-electron chi connectivity index (χ2n) is 6.15. The molecule has 0 spiro atoms. The summed E-state index contributed by atoms with van der Waals surface area (Å²) in [5.74, 6) is -2.45. The van der Waals surface area contributed by atoms with E-state index in [-0.39, 0.29) is 12.0 Å². The van der Waals surface area contributed by atoms with Gasteiger partial charge in [-0.25, -0.2) is 13.6 Å². The molecule has 0 aliphatic carbocycles. The molecule has 0 aliphatic heterocycles. The topological polar surface area (TPSA) is 55.4 Å². The minimum Gasteiger partial charge on any atom is -0.467 e. The average molecular weight is 355 g/mol. The monoisotopic (exact) mass is 355 g/mol. The lowest BCUT2D eigenvalue weighted by atomic mass is 10.0. The molecule has 1 rings (SSSR count). The molecule has 1 aromatic carbocycles. The minimum atomic E-state index is -0.737. The van der Waals surface area contributed by atoms with E-state index in [2.05, 4.69) is 12.2 Å². The van der Waals surface area contributed by atoms with Crippen molar-refractivity contribution in [1.82, 2.24) is 5.32 Å². The molecule has 1 N–H and O–H groups in total. The highest BCUT2D eigenvalue weighted by Gasteiger charge is 2.21. The number of halogens is 2. The fourth-order valence-electron chi connectivity index (χ4n) is 2.66. The number of carbonyl (C=O) groups excluding carboxylic acids is 2. The number of unbranched alkanes of at least 4 members (excludes halogenated alkanes) is 5. The standard InChI is InChI=1S/C19H27F2NO3/c1-3-4-5-6-7-8-9-17(19(24)25-2)22-18(23)12-14-10-15(20)13-16(21)11-14/h10-11,13,17H,3-9,12H2,1-2H3,(H,22,23)/t17-/m0/s1. The Hall–Kier alpha value is -1.98. The molecular formula is C19H27F2NO3. The van der Waals surface area contributed by atoms with Crippen LogP contribution in [0.25, 0.3) is 0 Å². The van der Waals surface area contributed by atoms with Crippen molar-refractivity contribution in [2.75, 3.05) is 7.11 Å². The van der Waals surface area contributed by atoms with E-state index in [0.717, 1.165) is 43.9 Å². The van der Waals surface area contributed by atoms with Gasteiger partial charge in [-0.15, -0.1) is 0 Å². The van der Waals surface area contributed by atoms with Crippen LogP contribution in [0.4, 0.5) is 8.78 Å². The predicted octanol–water partition coefficient (Wildman–Crippen LogP) is 3.92. The number of esters is 1. The molecule has 25 heavy (non-hydrogen) atoms. The summed E-state index contributed by atoms with van der Waals surface area (Å²) in [4.78, 5) is 23.9. The van der Waals surface area contributed by atoms with Crippen molar-refractivity contribution in [3.63, 3.8) is 0 Å². The van der Waals surface area contributed by atoms with Crippen molar-refractivity contribution in [1.29, 1.82) is 0 Å². The number of methoxy groups -OCH3 is 1. The summed E-state index contributed by atoms with van der Waals surface area (Å²) in [5.41, 5.74) is 0.221. The SMILES string of the molecule is CCCCCCCC[C@H](NC(=O)Cc1cc(F)cc(F)c1)C(=O)OC. The Morgan fingerprint density at radius 2 is 1.64 bits per heavy atom. The van der Waals surface area contributed by atoms with Gasteiger partial charge in [-0.3, -0.25) is 4.79 Å². The molecule has 140 valence electrons. The number of hydrogen-bond donors (Lipinski definition) is 1. The number of nitrogens with one attached hydrogen (secondary N) is 1. The number of rotatable bonds is 11. The molecule has 0 radical (unpaired) electrons. The fraction of sp³-hybridized carbons (Fsp3) is 0.579. The van der Waals surface area contributed by atoms with E-state index >= 15 is 0 Å². The Morgan fingerprint density at radius 3 is 2.24 bits per heavy atom. The van der Waals surface area contributed by atoms with Crippen molar-refractivity contribution in [3.05, 3.63) is 35.4 Å². The molecule has 0 fully saturated rings. The Kier molecular flexibility index (Phi) is 9.73. The highest BCUT2D eigenvalue weighted by Crippen LogP contribution is 2.11. The molecule has 0 bridgehead atoms. The molecule has 0 saturated carbocycles. The van der Waals surface area contributed by atoms with Crippen molar-refractivity contribution in [3.8, 4) is 0 Å². The van der Waals surface area contributed by atoms with E-state index in [1.165, 1.54) is 20.0 Å². The molecule has 0 heterocycles. The summed E-state index contributed by atoms with van der Waals surface area (Å²) < 4.78 is 31.1. The minimum absolute atomic E-state index is 0.196. The third-order valence-corrected chi connectivity index (χ3v) is 3.95. The molecule has 0 aromatic heterocycles. The van der Waals surface area contributed by atoms with Gasteiger partial charge >= 0.3 is 5.97 Å². The first-order valence-corrected chi connectivity index (χ1v) is 8.78. The van der Waals surface area contributed by atoms with Gasteiger partial charge in [0.25, 0.3) is 0 Å². The lowest BCUT2D eigenvalue weighted by Gasteiger charge is -2.16. The Bertz CT molecular complexity index is 543. The molecule has 6 heteroatoms. The van der Waals surface area contributed by atoms with Gasteiger partial charge in [0.2, 0.25) is 5.91 Å². The highest BCUT2D eigenvalue weighted by molar-refractivity contribution is 5.85. The van der Waals surface area contributed by atoms with Crippen LogP contribution < -0.4 is 5.32 Å². The normalized spacial score (nSPS) is 11.8. The van der Waals surface area contributed by atoms with E-state index in [1.54, 1.807) is 0 Å². The van der Waals surface area contributed by atoms with E-state index in [1.807, 2.05) is 0 Å². The molecule has 0 unspecified atom stereocenters. The summed E-state index contributed by atoms with van der Waals surface area (Å²) in [5, 5.41) is 2.60. The largest absolute Gasteiger partial charge is 0.467 e. The third kappa shape index (κ3) is 8.61. The van der Waals surface area contributed by atoms with Crippen molar-refractivity contribution in [2.24, 2.45) is 0 Å². The summed E-state index contributed by atoms with van der Waals surface area (Å²) in [6, 6.07) is 2.21. The number of ether oxygens (including phenoxy) is 1. The average Bonchev–Trinajstić information content (AvgIpc) is 2.55. The number of amides is 1. The molecular weight excluding hydrogens is 328 g/mol. The van der Waals surface area contributed by atoms with E-state index in [9.17, 15) is 18.4 Å². The molecule has 4 nitrogen and oxygen atoms in total. The van der Waals surface area contributed by atoms with Gasteiger partial charge in [0.15, 0.2) is 0 Å². The third-order valence-electron chi connectivity index (χ3n) is 3.95. The Morgan fingerprint density at radius 1 is 1.04 bits per heavy atom. The summed E-state index contributed by atoms with van der Waals surface area (Å²) in [6.07, 6.45) is 6.70. The lowest BCUT2D eigenvalue weighted by molar-refractivity contribution is -0.145. The molecule has 0 saturated heterocycles. The van der Waals surface area contributed by atoms with Crippen molar-refractivity contribution < 1.29 is 23.1 Å². The molecule has 1 amide bonds. The maximum absolute atomic E-state index is 13.2. The fourth-order valence-corrected chi connectivity index (χ4v) is 2.66. The van der Waals surface area contributed by atoms with Gasteiger partial charge in [0, 0.05) is 6.07 Å². The molecule has 0 aliphatic rings. The Balaban J connectivity index is 2.50. The smallest absolute Gasteiger partial charge is 0.328 e. The first-order chi connectivity index (χ1) is 12.0. The van der Waals surface area contributed by atoms with E-state index in [0.29, 0.717) is 6.42 Å². The zero-order valence-corrected chi connectivity index (χ0v) is 14.9. The number of benzene rings is 1. The van der Waals surface area contributed by atoms with Crippen LogP contribution in [0, 0.1) is 11.6 Å². The van der Waals surface area contributed by atoms with Crippen LogP contribution in [0.3, 0.4) is 0 Å². The van der Waals surface area contributed by atoms with Crippen molar-refractivity contribution >= 4 is 11.9 Å². The van der Waals surface area contributed by atoms with Crippen LogP contribution in [0.1, 0.15) is 57.4 Å². The highest BCUT2D eigenvalue weighted by atomic mass is 19.1. The quantitative estimate of drug-likeness (QED) is 0.484. The van der Waals surface area contributed by atoms with Gasteiger partial charge in [0.1, 0.15) is 17.7 Å². The van der Waals surface area contributed by atoms with Gasteiger partial charge < -0.3 is 10.1 Å². The van der Waals surface area contributed by atoms with Gasteiger partial charge in [-0.2, -0.15) is 0 Å². The number of hydrogen-bond acceptors (Lipinski definition) is 3. The lowest BCUT2D eigenvalue weighted by Crippen LogP contribution is -2.42. The Labute approximate surface area is 147 Å². The maximum atomic E-state index is 13.2. The summed E-state index contributed by atoms with van der Waals surface area (Å²) in [7, 11) is 1.27. The van der Waals surface area contributed by atoms with Crippen molar-refractivity contribution in [2.45, 2.75) is 64.3 Å². The van der Waals surface area contributed by atoms with Gasteiger partial charge in [-0.05, 0) is 24.1 Å². The first kappa shape index (κ1) is 21.1. The first-order valence-electron chi connectivity index (χ1n) is 8.78. The zero-order chi connectivity index (χ0) is 18.7. The van der Waals surface area contributed by atoms with Crippen LogP contribution in [0.2, 0.25) is 0 Å². The van der Waals surface area contributed by atoms with Crippen LogP contribution in [0.15, 0.2) is 18.2 Å². The number of carbonyl (C=O) groups is 2. The van der Waals surface area contributed by atoms with E-state index in [4.69, 9.17) is 4.74 Å². The zero-order valence-electron chi connectivity index (χ0n) is 14.9. The van der Waals surface area contributed by atoms with Crippen LogP contribution in [-0.4, -0.2) is 25.0 Å². The van der Waals surface area contributed by atoms with Gasteiger partial charge in [0.05, 0.1) is 13.5 Å². The van der Waals surface area contributed by atoms with E-state index < -0.39 is 29.6 Å². The van der Waals surface area contributed by atoms with Crippen LogP contribution in [-0.2, 0) is 20.7 Å². The second kappa shape index (κ2) is 11.6.